The Morgan fingerprint density at radius 3 is 1.83 bits per heavy atom. The molecule has 0 aromatic heterocycles. The number of nitrogens with two attached hydrogens (primary N) is 2. The molecule has 0 aliphatic heterocycles. The molecule has 0 saturated carbocycles. The maximum Gasteiger partial charge on any atom is 0.284 e. The average molecular weight is 172 g/mol. The minimum atomic E-state index is -0.922. The number of ketones is 1. The Morgan fingerprint density at radius 1 is 0.917 bits per heavy atom. The minimum absolute atomic E-state index is 0.0998. The second-order valence-corrected chi connectivity index (χ2v) is 2.46. The minimum Gasteiger partial charge on any atom is -0.370 e. The molecule has 12 heavy (non-hydrogen) atoms. The van der Waals surface area contributed by atoms with Crippen molar-refractivity contribution in [1.29, 1.82) is 0 Å². The van der Waals surface area contributed by atoms with E-state index in [-0.39, 0.29) is 12.8 Å². The molecule has 0 saturated heterocycles. The van der Waals surface area contributed by atoms with Crippen LogP contribution in [-0.2, 0) is 14.4 Å². The van der Waals surface area contributed by atoms with Gasteiger partial charge in [0.2, 0.25) is 11.7 Å². The predicted octanol–water partition coefficient (Wildman–Crippen LogP) is -0.914. The Labute approximate surface area is 70.1 Å². The van der Waals surface area contributed by atoms with Gasteiger partial charge in [0.25, 0.3) is 5.91 Å². The molecule has 0 aliphatic rings. The number of amides is 2. The van der Waals surface area contributed by atoms with Gasteiger partial charge in [-0.2, -0.15) is 0 Å². The van der Waals surface area contributed by atoms with E-state index in [1.807, 2.05) is 0 Å². The lowest BCUT2D eigenvalue weighted by atomic mass is 10.1. The molecule has 4 N–H and O–H groups in total. The summed E-state index contributed by atoms with van der Waals surface area (Å²) in [5.41, 5.74) is 9.55. The average Bonchev–Trinajstić information content (AvgIpc) is 1.97. The lowest BCUT2D eigenvalue weighted by Gasteiger charge is -1.95. The summed E-state index contributed by atoms with van der Waals surface area (Å²) in [5, 5.41) is 0. The van der Waals surface area contributed by atoms with Gasteiger partial charge in [-0.1, -0.05) is 0 Å². The Balaban J connectivity index is 3.38. The van der Waals surface area contributed by atoms with Gasteiger partial charge in [0.15, 0.2) is 0 Å². The molecule has 0 unspecified atom stereocenters. The second-order valence-electron chi connectivity index (χ2n) is 2.46. The fraction of sp³-hybridized carbons (Fsp3) is 0.571. The smallest absolute Gasteiger partial charge is 0.284 e. The van der Waals surface area contributed by atoms with Gasteiger partial charge in [-0.3, -0.25) is 14.4 Å². The molecule has 0 aromatic rings. The molecule has 0 aliphatic carbocycles. The molecular weight excluding hydrogens is 160 g/mol. The van der Waals surface area contributed by atoms with Crippen LogP contribution in [0.1, 0.15) is 25.7 Å². The first-order chi connectivity index (χ1) is 5.54. The number of carbonyl (C=O) groups excluding carboxylic acids is 3. The first kappa shape index (κ1) is 10.6. The number of primary amides is 2. The fourth-order valence-corrected chi connectivity index (χ4v) is 0.708. The summed E-state index contributed by atoms with van der Waals surface area (Å²) < 4.78 is 0. The Hall–Kier alpha value is -1.39. The van der Waals surface area contributed by atoms with Gasteiger partial charge in [-0.15, -0.1) is 0 Å². The molecule has 0 heterocycles. The van der Waals surface area contributed by atoms with E-state index in [2.05, 4.69) is 0 Å². The summed E-state index contributed by atoms with van der Waals surface area (Å²) >= 11 is 0. The molecule has 0 fully saturated rings. The van der Waals surface area contributed by atoms with Gasteiger partial charge in [-0.05, 0) is 12.8 Å². The van der Waals surface area contributed by atoms with E-state index in [9.17, 15) is 14.4 Å². The third-order valence-electron chi connectivity index (χ3n) is 1.35. The van der Waals surface area contributed by atoms with Crippen molar-refractivity contribution in [2.24, 2.45) is 11.5 Å². The maximum absolute atomic E-state index is 10.6. The number of rotatable bonds is 6. The molecule has 2 amide bonds. The third-order valence-corrected chi connectivity index (χ3v) is 1.35. The standard InChI is InChI=1S/C7H12N2O3/c8-6(11)4-2-1-3-5(10)7(9)12/h1-4H2,(H2,8,11)(H2,9,12). The van der Waals surface area contributed by atoms with Gasteiger partial charge in [-0.25, -0.2) is 0 Å². The summed E-state index contributed by atoms with van der Waals surface area (Å²) in [6, 6.07) is 0. The van der Waals surface area contributed by atoms with Crippen LogP contribution in [0.3, 0.4) is 0 Å². The predicted molar refractivity (Wildman–Crippen MR) is 41.9 cm³/mol. The first-order valence-corrected chi connectivity index (χ1v) is 3.65. The van der Waals surface area contributed by atoms with Crippen LogP contribution in [0.5, 0.6) is 0 Å². The number of hydrogen-bond donors (Lipinski definition) is 2. The zero-order valence-electron chi connectivity index (χ0n) is 6.71. The van der Waals surface area contributed by atoms with Crippen molar-refractivity contribution in [3.63, 3.8) is 0 Å². The van der Waals surface area contributed by atoms with Crippen molar-refractivity contribution in [3.05, 3.63) is 0 Å². The lowest BCUT2D eigenvalue weighted by molar-refractivity contribution is -0.136. The third kappa shape index (κ3) is 5.40. The quantitative estimate of drug-likeness (QED) is 0.400. The SMILES string of the molecule is NC(=O)CCCCC(=O)C(N)=O. The maximum atomic E-state index is 10.6. The van der Waals surface area contributed by atoms with Crippen LogP contribution in [0.2, 0.25) is 0 Å². The van der Waals surface area contributed by atoms with E-state index >= 15 is 0 Å². The monoisotopic (exact) mass is 172 g/mol. The van der Waals surface area contributed by atoms with E-state index < -0.39 is 17.6 Å². The van der Waals surface area contributed by atoms with Crippen molar-refractivity contribution >= 4 is 17.6 Å². The molecular formula is C7H12N2O3. The van der Waals surface area contributed by atoms with E-state index in [0.29, 0.717) is 12.8 Å². The van der Waals surface area contributed by atoms with Crippen LogP contribution in [0, 0.1) is 0 Å². The van der Waals surface area contributed by atoms with Crippen molar-refractivity contribution < 1.29 is 14.4 Å². The molecule has 0 rings (SSSR count). The fourth-order valence-electron chi connectivity index (χ4n) is 0.708. The summed E-state index contributed by atoms with van der Waals surface area (Å²) in [4.78, 5) is 31.0. The van der Waals surface area contributed by atoms with Gasteiger partial charge in [0.05, 0.1) is 0 Å². The van der Waals surface area contributed by atoms with Crippen LogP contribution in [0.25, 0.3) is 0 Å². The lowest BCUT2D eigenvalue weighted by Crippen LogP contribution is -2.22. The van der Waals surface area contributed by atoms with Gasteiger partial charge in [0, 0.05) is 12.8 Å². The highest BCUT2D eigenvalue weighted by Crippen LogP contribution is 1.99. The van der Waals surface area contributed by atoms with Crippen molar-refractivity contribution in [2.45, 2.75) is 25.7 Å². The van der Waals surface area contributed by atoms with Gasteiger partial charge < -0.3 is 11.5 Å². The summed E-state index contributed by atoms with van der Waals surface area (Å²) in [6.45, 7) is 0. The zero-order valence-corrected chi connectivity index (χ0v) is 6.71. The number of unbranched alkanes of at least 4 members (excludes halogenated alkanes) is 1. The van der Waals surface area contributed by atoms with Crippen molar-refractivity contribution in [3.8, 4) is 0 Å². The molecule has 5 nitrogen and oxygen atoms in total. The number of carbonyl (C=O) groups is 3. The van der Waals surface area contributed by atoms with Crippen molar-refractivity contribution in [1.82, 2.24) is 0 Å². The van der Waals surface area contributed by atoms with Crippen LogP contribution in [0.4, 0.5) is 0 Å². The van der Waals surface area contributed by atoms with Gasteiger partial charge >= 0.3 is 0 Å². The van der Waals surface area contributed by atoms with E-state index in [4.69, 9.17) is 11.5 Å². The molecule has 0 spiro atoms. The van der Waals surface area contributed by atoms with Crippen LogP contribution in [-0.4, -0.2) is 17.6 Å². The van der Waals surface area contributed by atoms with Crippen molar-refractivity contribution in [2.75, 3.05) is 0 Å². The Bertz CT molecular complexity index is 201. The largest absolute Gasteiger partial charge is 0.370 e. The molecule has 68 valence electrons. The van der Waals surface area contributed by atoms with E-state index in [0.717, 1.165) is 0 Å². The number of Topliss-reactive ketones (excluding diaryl/α,β-unsaturated/α-hetero) is 1. The van der Waals surface area contributed by atoms with E-state index in [1.165, 1.54) is 0 Å². The topological polar surface area (TPSA) is 103 Å². The number of hydrogen-bond acceptors (Lipinski definition) is 3. The van der Waals surface area contributed by atoms with Crippen LogP contribution >= 0.6 is 0 Å². The summed E-state index contributed by atoms with van der Waals surface area (Å²) in [5.74, 6) is -1.92. The van der Waals surface area contributed by atoms with Crippen LogP contribution in [0.15, 0.2) is 0 Å². The molecule has 0 atom stereocenters. The normalized spacial score (nSPS) is 9.33. The highest BCUT2D eigenvalue weighted by molar-refractivity contribution is 6.35. The highest BCUT2D eigenvalue weighted by atomic mass is 16.2. The summed E-state index contributed by atoms with van der Waals surface area (Å²) in [7, 11) is 0. The summed E-state index contributed by atoms with van der Waals surface area (Å²) in [6.07, 6.45) is 1.34. The second kappa shape index (κ2) is 5.29. The first-order valence-electron chi connectivity index (χ1n) is 3.65. The molecule has 0 bridgehead atoms. The zero-order chi connectivity index (χ0) is 9.56. The van der Waals surface area contributed by atoms with E-state index in [1.54, 1.807) is 0 Å². The Kier molecular flexibility index (Phi) is 4.67. The van der Waals surface area contributed by atoms with Crippen LogP contribution < -0.4 is 11.5 Å². The highest BCUT2D eigenvalue weighted by Gasteiger charge is 2.07. The molecule has 5 heteroatoms. The van der Waals surface area contributed by atoms with Gasteiger partial charge in [0.1, 0.15) is 0 Å². The molecule has 0 radical (unpaired) electrons. The molecule has 0 aromatic carbocycles. The Morgan fingerprint density at radius 2 is 1.42 bits per heavy atom.